The van der Waals surface area contributed by atoms with Crippen LogP contribution in [0.2, 0.25) is 5.02 Å². The number of hydrogen-bond donors (Lipinski definition) is 0. The van der Waals surface area contributed by atoms with Gasteiger partial charge in [0.05, 0.1) is 16.3 Å². The zero-order chi connectivity index (χ0) is 15.4. The van der Waals surface area contributed by atoms with Crippen molar-refractivity contribution in [3.05, 3.63) is 77.3 Å². The number of furan rings is 1. The predicted octanol–water partition coefficient (Wildman–Crippen LogP) is 5.06. The number of halogens is 1. The van der Waals surface area contributed by atoms with Gasteiger partial charge in [-0.15, -0.1) is 0 Å². The van der Waals surface area contributed by atoms with E-state index in [0.717, 1.165) is 5.56 Å². The fraction of sp³-hybridized carbons (Fsp3) is 0. The first-order chi connectivity index (χ1) is 10.8. The Morgan fingerprint density at radius 2 is 1.91 bits per heavy atom. The molecule has 4 heteroatoms. The molecule has 0 saturated carbocycles. The van der Waals surface area contributed by atoms with E-state index in [9.17, 15) is 5.26 Å². The molecule has 3 nitrogen and oxygen atoms in total. The molecule has 2 heterocycles. The van der Waals surface area contributed by atoms with Gasteiger partial charge in [0.2, 0.25) is 0 Å². The lowest BCUT2D eigenvalue weighted by molar-refractivity contribution is 0.572. The van der Waals surface area contributed by atoms with Gasteiger partial charge in [0.25, 0.3) is 0 Å². The lowest BCUT2D eigenvalue weighted by Crippen LogP contribution is -1.85. The van der Waals surface area contributed by atoms with Crippen molar-refractivity contribution in [1.82, 2.24) is 4.98 Å². The maximum absolute atomic E-state index is 9.29. The number of aromatic nitrogens is 1. The fourth-order valence-electron chi connectivity index (χ4n) is 2.06. The molecule has 2 aromatic heterocycles. The van der Waals surface area contributed by atoms with Gasteiger partial charge in [0.15, 0.2) is 0 Å². The number of nitriles is 1. The van der Waals surface area contributed by atoms with Crippen molar-refractivity contribution in [3.63, 3.8) is 0 Å². The molecule has 1 aromatic carbocycles. The smallest absolute Gasteiger partial charge is 0.136 e. The highest BCUT2D eigenvalue weighted by atomic mass is 35.5. The van der Waals surface area contributed by atoms with Gasteiger partial charge in [-0.25, -0.2) is 0 Å². The molecule has 0 unspecified atom stereocenters. The van der Waals surface area contributed by atoms with Gasteiger partial charge >= 0.3 is 0 Å². The second-order valence-corrected chi connectivity index (χ2v) is 4.97. The van der Waals surface area contributed by atoms with Gasteiger partial charge in [-0.3, -0.25) is 4.98 Å². The molecule has 0 aliphatic carbocycles. The third-order valence-electron chi connectivity index (χ3n) is 3.11. The van der Waals surface area contributed by atoms with Crippen LogP contribution in [0.25, 0.3) is 23.0 Å². The third kappa shape index (κ3) is 2.93. The molecule has 3 rings (SSSR count). The Bertz CT molecular complexity index is 860. The van der Waals surface area contributed by atoms with Crippen LogP contribution in [-0.2, 0) is 0 Å². The Labute approximate surface area is 133 Å². The Morgan fingerprint density at radius 1 is 1.09 bits per heavy atom. The summed E-state index contributed by atoms with van der Waals surface area (Å²) >= 11 is 6.16. The standard InChI is InChI=1S/C18H11ClN2O/c19-16-6-2-1-5-15(16)18-9-8-14(22-18)11-13(12-20)17-7-3-4-10-21-17/h1-11H/b13-11+. The van der Waals surface area contributed by atoms with Crippen LogP contribution in [-0.4, -0.2) is 4.98 Å². The van der Waals surface area contributed by atoms with Crippen molar-refractivity contribution in [2.75, 3.05) is 0 Å². The van der Waals surface area contributed by atoms with Gasteiger partial charge in [-0.05, 0) is 36.4 Å². The van der Waals surface area contributed by atoms with E-state index in [4.69, 9.17) is 16.0 Å². The summed E-state index contributed by atoms with van der Waals surface area (Å²) < 4.78 is 5.76. The molecule has 0 amide bonds. The van der Waals surface area contributed by atoms with Crippen LogP contribution in [0, 0.1) is 11.3 Å². The molecule has 0 radical (unpaired) electrons. The van der Waals surface area contributed by atoms with Gasteiger partial charge in [-0.2, -0.15) is 5.26 Å². The fourth-order valence-corrected chi connectivity index (χ4v) is 2.29. The monoisotopic (exact) mass is 306 g/mol. The molecule has 3 aromatic rings. The second-order valence-electron chi connectivity index (χ2n) is 4.57. The van der Waals surface area contributed by atoms with Crippen LogP contribution >= 0.6 is 11.6 Å². The molecular weight excluding hydrogens is 296 g/mol. The van der Waals surface area contributed by atoms with Crippen LogP contribution in [0.3, 0.4) is 0 Å². The lowest BCUT2D eigenvalue weighted by atomic mass is 10.1. The largest absolute Gasteiger partial charge is 0.457 e. The zero-order valence-electron chi connectivity index (χ0n) is 11.5. The van der Waals surface area contributed by atoms with Crippen molar-refractivity contribution in [2.24, 2.45) is 0 Å². The van der Waals surface area contributed by atoms with E-state index in [1.165, 1.54) is 0 Å². The SMILES string of the molecule is N#C/C(=C\c1ccc(-c2ccccc2Cl)o1)c1ccccn1. The Balaban J connectivity index is 1.96. The van der Waals surface area contributed by atoms with E-state index in [1.807, 2.05) is 36.4 Å². The van der Waals surface area contributed by atoms with Gasteiger partial charge < -0.3 is 4.42 Å². The summed E-state index contributed by atoms with van der Waals surface area (Å²) in [5.41, 5.74) is 1.88. The van der Waals surface area contributed by atoms with Crippen LogP contribution in [0.5, 0.6) is 0 Å². The van der Waals surface area contributed by atoms with Crippen LogP contribution in [0.15, 0.2) is 65.2 Å². The summed E-state index contributed by atoms with van der Waals surface area (Å²) in [5, 5.41) is 9.91. The van der Waals surface area contributed by atoms with Crippen LogP contribution in [0.4, 0.5) is 0 Å². The minimum Gasteiger partial charge on any atom is -0.457 e. The molecule has 0 fully saturated rings. The second kappa shape index (κ2) is 6.30. The highest BCUT2D eigenvalue weighted by Crippen LogP contribution is 2.30. The number of benzene rings is 1. The van der Waals surface area contributed by atoms with Gasteiger partial charge in [-0.1, -0.05) is 29.8 Å². The number of hydrogen-bond acceptors (Lipinski definition) is 3. The summed E-state index contributed by atoms with van der Waals surface area (Å²) in [5.74, 6) is 1.24. The normalized spacial score (nSPS) is 11.2. The molecule has 0 spiro atoms. The minimum atomic E-state index is 0.445. The number of allylic oxidation sites excluding steroid dienone is 1. The van der Waals surface area contributed by atoms with Gasteiger partial charge in [0, 0.05) is 17.8 Å². The van der Waals surface area contributed by atoms with E-state index in [2.05, 4.69) is 11.1 Å². The first-order valence-electron chi connectivity index (χ1n) is 6.66. The first kappa shape index (κ1) is 14.1. The summed E-state index contributed by atoms with van der Waals surface area (Å²) in [6.45, 7) is 0. The molecule has 0 saturated heterocycles. The molecule has 0 aliphatic rings. The molecule has 22 heavy (non-hydrogen) atoms. The van der Waals surface area contributed by atoms with Crippen molar-refractivity contribution in [2.45, 2.75) is 0 Å². The molecule has 0 aliphatic heterocycles. The first-order valence-corrected chi connectivity index (χ1v) is 7.03. The van der Waals surface area contributed by atoms with E-state index in [0.29, 0.717) is 27.8 Å². The molecule has 106 valence electrons. The maximum atomic E-state index is 9.29. The van der Waals surface area contributed by atoms with Crippen molar-refractivity contribution < 1.29 is 4.42 Å². The molecule has 0 N–H and O–H groups in total. The predicted molar refractivity (Wildman–Crippen MR) is 86.9 cm³/mol. The van der Waals surface area contributed by atoms with Crippen LogP contribution < -0.4 is 0 Å². The minimum absolute atomic E-state index is 0.445. The summed E-state index contributed by atoms with van der Waals surface area (Å²) in [4.78, 5) is 4.17. The summed E-state index contributed by atoms with van der Waals surface area (Å²) in [7, 11) is 0. The van der Waals surface area contributed by atoms with Gasteiger partial charge in [0.1, 0.15) is 17.6 Å². The van der Waals surface area contributed by atoms with Crippen molar-refractivity contribution in [1.29, 1.82) is 5.26 Å². The Kier molecular flexibility index (Phi) is 4.04. The highest BCUT2D eigenvalue weighted by Gasteiger charge is 2.08. The van der Waals surface area contributed by atoms with Crippen molar-refractivity contribution in [3.8, 4) is 17.4 Å². The lowest BCUT2D eigenvalue weighted by Gasteiger charge is -1.99. The molecular formula is C18H11ClN2O. The Hall–Kier alpha value is -2.83. The average molecular weight is 307 g/mol. The average Bonchev–Trinajstić information content (AvgIpc) is 3.02. The summed E-state index contributed by atoms with van der Waals surface area (Å²) in [6, 6.07) is 18.7. The maximum Gasteiger partial charge on any atom is 0.136 e. The van der Waals surface area contributed by atoms with Crippen molar-refractivity contribution >= 4 is 23.3 Å². The third-order valence-corrected chi connectivity index (χ3v) is 3.44. The molecule has 0 bridgehead atoms. The highest BCUT2D eigenvalue weighted by molar-refractivity contribution is 6.33. The van der Waals surface area contributed by atoms with Crippen LogP contribution in [0.1, 0.15) is 11.5 Å². The molecule has 0 atom stereocenters. The zero-order valence-corrected chi connectivity index (χ0v) is 12.3. The number of nitrogens with zero attached hydrogens (tertiary/aromatic N) is 2. The van der Waals surface area contributed by atoms with E-state index < -0.39 is 0 Å². The number of pyridine rings is 1. The quantitative estimate of drug-likeness (QED) is 0.635. The Morgan fingerprint density at radius 3 is 2.64 bits per heavy atom. The van der Waals surface area contributed by atoms with E-state index in [1.54, 1.807) is 30.5 Å². The van der Waals surface area contributed by atoms with E-state index >= 15 is 0 Å². The number of rotatable bonds is 3. The van der Waals surface area contributed by atoms with E-state index in [-0.39, 0.29) is 0 Å². The summed E-state index contributed by atoms with van der Waals surface area (Å²) in [6.07, 6.45) is 3.32. The topological polar surface area (TPSA) is 49.8 Å².